The Balaban J connectivity index is 1.61. The van der Waals surface area contributed by atoms with Gasteiger partial charge in [0, 0.05) is 32.2 Å². The van der Waals surface area contributed by atoms with Crippen LogP contribution in [-0.4, -0.2) is 47.0 Å². The standard InChI is InChI=1S/C14H22N4/c15-14-6-3-4-12(16-14)10-17-8-9-18-7-2-1-5-13(18)11-17/h3-4,6,13H,1-2,5,7-11H2,(H2,15,16). The third-order valence-corrected chi connectivity index (χ3v) is 4.14. The molecule has 1 unspecified atom stereocenters. The lowest BCUT2D eigenvalue weighted by molar-refractivity contribution is 0.0451. The van der Waals surface area contributed by atoms with Crippen LogP contribution in [-0.2, 0) is 6.54 Å². The van der Waals surface area contributed by atoms with Crippen molar-refractivity contribution in [1.82, 2.24) is 14.8 Å². The number of piperazine rings is 1. The van der Waals surface area contributed by atoms with Crippen LogP contribution in [0.1, 0.15) is 25.0 Å². The molecule has 0 aromatic carbocycles. The van der Waals surface area contributed by atoms with Gasteiger partial charge in [0.25, 0.3) is 0 Å². The van der Waals surface area contributed by atoms with Crippen molar-refractivity contribution in [3.8, 4) is 0 Å². The van der Waals surface area contributed by atoms with Crippen molar-refractivity contribution < 1.29 is 0 Å². The Morgan fingerprint density at radius 3 is 3.06 bits per heavy atom. The van der Waals surface area contributed by atoms with Gasteiger partial charge < -0.3 is 5.73 Å². The van der Waals surface area contributed by atoms with E-state index >= 15 is 0 Å². The van der Waals surface area contributed by atoms with Gasteiger partial charge in [0.05, 0.1) is 5.69 Å². The number of piperidine rings is 1. The van der Waals surface area contributed by atoms with Gasteiger partial charge in [0.2, 0.25) is 0 Å². The van der Waals surface area contributed by atoms with Crippen LogP contribution >= 0.6 is 0 Å². The molecule has 4 nitrogen and oxygen atoms in total. The SMILES string of the molecule is Nc1cccc(CN2CCN3CCCCC3C2)n1. The smallest absolute Gasteiger partial charge is 0.123 e. The average molecular weight is 246 g/mol. The molecule has 2 fully saturated rings. The molecule has 0 spiro atoms. The molecule has 2 saturated heterocycles. The fourth-order valence-corrected chi connectivity index (χ4v) is 3.18. The van der Waals surface area contributed by atoms with Gasteiger partial charge in [-0.25, -0.2) is 4.98 Å². The number of rotatable bonds is 2. The van der Waals surface area contributed by atoms with Gasteiger partial charge in [-0.15, -0.1) is 0 Å². The van der Waals surface area contributed by atoms with Crippen molar-refractivity contribution in [3.63, 3.8) is 0 Å². The highest BCUT2D eigenvalue weighted by Gasteiger charge is 2.28. The lowest BCUT2D eigenvalue weighted by Crippen LogP contribution is -2.54. The topological polar surface area (TPSA) is 45.4 Å². The van der Waals surface area contributed by atoms with Crippen molar-refractivity contribution in [2.75, 3.05) is 31.9 Å². The number of hydrogen-bond acceptors (Lipinski definition) is 4. The first-order chi connectivity index (χ1) is 8.81. The number of fused-ring (bicyclic) bond motifs is 1. The van der Waals surface area contributed by atoms with E-state index in [-0.39, 0.29) is 0 Å². The minimum Gasteiger partial charge on any atom is -0.384 e. The molecule has 1 atom stereocenters. The summed E-state index contributed by atoms with van der Waals surface area (Å²) in [5, 5.41) is 0. The summed E-state index contributed by atoms with van der Waals surface area (Å²) in [7, 11) is 0. The first kappa shape index (κ1) is 11.9. The normalized spacial score (nSPS) is 25.9. The molecule has 0 saturated carbocycles. The summed E-state index contributed by atoms with van der Waals surface area (Å²) in [6, 6.07) is 6.69. The summed E-state index contributed by atoms with van der Waals surface area (Å²) in [6.45, 7) is 5.81. The average Bonchev–Trinajstić information content (AvgIpc) is 2.39. The molecule has 3 rings (SSSR count). The first-order valence-electron chi connectivity index (χ1n) is 6.99. The van der Waals surface area contributed by atoms with Crippen LogP contribution in [0.25, 0.3) is 0 Å². The Labute approximate surface area is 109 Å². The van der Waals surface area contributed by atoms with E-state index in [0.29, 0.717) is 5.82 Å². The highest BCUT2D eigenvalue weighted by atomic mass is 15.3. The highest BCUT2D eigenvalue weighted by molar-refractivity contribution is 5.28. The molecular formula is C14H22N4. The predicted molar refractivity (Wildman–Crippen MR) is 73.1 cm³/mol. The molecule has 18 heavy (non-hydrogen) atoms. The maximum Gasteiger partial charge on any atom is 0.123 e. The quantitative estimate of drug-likeness (QED) is 0.855. The minimum atomic E-state index is 0.629. The number of nitrogens with two attached hydrogens (primary N) is 1. The molecule has 98 valence electrons. The highest BCUT2D eigenvalue weighted by Crippen LogP contribution is 2.21. The number of aromatic nitrogens is 1. The Morgan fingerprint density at radius 2 is 2.17 bits per heavy atom. The fraction of sp³-hybridized carbons (Fsp3) is 0.643. The molecule has 1 aromatic rings. The van der Waals surface area contributed by atoms with Crippen molar-refractivity contribution in [2.24, 2.45) is 0 Å². The molecule has 0 aliphatic carbocycles. The summed E-state index contributed by atoms with van der Waals surface area (Å²) in [5.74, 6) is 0.629. The largest absolute Gasteiger partial charge is 0.384 e. The van der Waals surface area contributed by atoms with E-state index in [0.717, 1.165) is 24.8 Å². The molecule has 2 aliphatic heterocycles. The van der Waals surface area contributed by atoms with Crippen LogP contribution in [0, 0.1) is 0 Å². The lowest BCUT2D eigenvalue weighted by atomic mass is 9.99. The zero-order valence-corrected chi connectivity index (χ0v) is 10.9. The molecular weight excluding hydrogens is 224 g/mol. The number of nitrogens with zero attached hydrogens (tertiary/aromatic N) is 3. The Morgan fingerprint density at radius 1 is 1.22 bits per heavy atom. The van der Waals surface area contributed by atoms with Crippen LogP contribution in [0.5, 0.6) is 0 Å². The van der Waals surface area contributed by atoms with Crippen molar-refractivity contribution in [3.05, 3.63) is 23.9 Å². The third-order valence-electron chi connectivity index (χ3n) is 4.14. The van der Waals surface area contributed by atoms with Gasteiger partial charge in [-0.1, -0.05) is 12.5 Å². The summed E-state index contributed by atoms with van der Waals surface area (Å²) in [6.07, 6.45) is 4.14. The summed E-state index contributed by atoms with van der Waals surface area (Å²) in [5.41, 5.74) is 6.83. The monoisotopic (exact) mass is 246 g/mol. The van der Waals surface area contributed by atoms with Gasteiger partial charge in [-0.3, -0.25) is 9.80 Å². The van der Waals surface area contributed by atoms with Gasteiger partial charge >= 0.3 is 0 Å². The van der Waals surface area contributed by atoms with E-state index in [2.05, 4.69) is 20.9 Å². The van der Waals surface area contributed by atoms with E-state index in [1.807, 2.05) is 12.1 Å². The van der Waals surface area contributed by atoms with Crippen molar-refractivity contribution in [1.29, 1.82) is 0 Å². The zero-order chi connectivity index (χ0) is 12.4. The molecule has 2 aliphatic rings. The number of hydrogen-bond donors (Lipinski definition) is 1. The molecule has 0 radical (unpaired) electrons. The first-order valence-corrected chi connectivity index (χ1v) is 6.99. The van der Waals surface area contributed by atoms with Crippen LogP contribution in [0.2, 0.25) is 0 Å². The minimum absolute atomic E-state index is 0.629. The molecule has 3 heterocycles. The molecule has 0 amide bonds. The second kappa shape index (κ2) is 5.24. The van der Waals surface area contributed by atoms with Gasteiger partial charge in [0.15, 0.2) is 0 Å². The molecule has 0 bridgehead atoms. The molecule has 2 N–H and O–H groups in total. The van der Waals surface area contributed by atoms with E-state index < -0.39 is 0 Å². The van der Waals surface area contributed by atoms with Gasteiger partial charge in [0.1, 0.15) is 5.82 Å². The third kappa shape index (κ3) is 2.65. The lowest BCUT2D eigenvalue weighted by Gasteiger charge is -2.44. The van der Waals surface area contributed by atoms with Crippen LogP contribution in [0.4, 0.5) is 5.82 Å². The van der Waals surface area contributed by atoms with Crippen LogP contribution < -0.4 is 5.73 Å². The summed E-state index contributed by atoms with van der Waals surface area (Å²) >= 11 is 0. The van der Waals surface area contributed by atoms with E-state index in [1.54, 1.807) is 0 Å². The van der Waals surface area contributed by atoms with Gasteiger partial charge in [-0.05, 0) is 31.5 Å². The van der Waals surface area contributed by atoms with E-state index in [4.69, 9.17) is 5.73 Å². The number of anilines is 1. The second-order valence-electron chi connectivity index (χ2n) is 5.47. The molecule has 1 aromatic heterocycles. The molecule has 4 heteroatoms. The number of nitrogen functional groups attached to an aromatic ring is 1. The van der Waals surface area contributed by atoms with Crippen molar-refractivity contribution in [2.45, 2.75) is 31.8 Å². The van der Waals surface area contributed by atoms with E-state index in [9.17, 15) is 0 Å². The maximum atomic E-state index is 5.73. The second-order valence-corrected chi connectivity index (χ2v) is 5.47. The summed E-state index contributed by atoms with van der Waals surface area (Å²) < 4.78 is 0. The predicted octanol–water partition coefficient (Wildman–Crippen LogP) is 1.33. The summed E-state index contributed by atoms with van der Waals surface area (Å²) in [4.78, 5) is 9.58. The number of pyridine rings is 1. The van der Waals surface area contributed by atoms with Crippen LogP contribution in [0.15, 0.2) is 18.2 Å². The Bertz CT molecular complexity index is 407. The maximum absolute atomic E-state index is 5.73. The van der Waals surface area contributed by atoms with E-state index in [1.165, 1.54) is 38.9 Å². The Hall–Kier alpha value is -1.13. The van der Waals surface area contributed by atoms with Crippen LogP contribution in [0.3, 0.4) is 0 Å². The van der Waals surface area contributed by atoms with Gasteiger partial charge in [-0.2, -0.15) is 0 Å². The fourth-order valence-electron chi connectivity index (χ4n) is 3.18. The van der Waals surface area contributed by atoms with Crippen molar-refractivity contribution >= 4 is 5.82 Å². The Kier molecular flexibility index (Phi) is 3.48. The zero-order valence-electron chi connectivity index (χ0n) is 10.9.